The molecule has 2 aromatic rings. The van der Waals surface area contributed by atoms with E-state index in [9.17, 15) is 14.4 Å². The van der Waals surface area contributed by atoms with Crippen molar-refractivity contribution in [1.82, 2.24) is 10.6 Å². The average molecular weight is 442 g/mol. The Hall–Kier alpha value is -3.55. The van der Waals surface area contributed by atoms with Crippen LogP contribution >= 0.6 is 0 Å². The van der Waals surface area contributed by atoms with Crippen LogP contribution in [0.3, 0.4) is 0 Å². The summed E-state index contributed by atoms with van der Waals surface area (Å²) in [5, 5.41) is 5.26. The van der Waals surface area contributed by atoms with E-state index in [-0.39, 0.29) is 18.9 Å². The third-order valence-electron chi connectivity index (χ3n) is 4.79. The second kappa shape index (κ2) is 12.3. The van der Waals surface area contributed by atoms with Crippen LogP contribution < -0.4 is 21.1 Å². The van der Waals surface area contributed by atoms with Crippen LogP contribution in [0.4, 0.5) is 4.79 Å². The van der Waals surface area contributed by atoms with Crippen LogP contribution in [0, 0.1) is 5.92 Å². The first-order chi connectivity index (χ1) is 15.3. The first-order valence-corrected chi connectivity index (χ1v) is 10.5. The zero-order valence-electron chi connectivity index (χ0n) is 18.7. The number of benzene rings is 2. The standard InChI is InChI=1S/C24H31N3O5/c1-16(2)13-21(27-24(30)32-15-18-7-5-4-6-8-18)23(29)26-20(22(25)28)14-17-9-11-19(31-3)12-10-17/h4-12,16,20-21H,13-15H2,1-3H3,(H2,25,28)(H,26,29)(H,27,30)/t20-,21-/m0/s1. The highest BCUT2D eigenvalue weighted by molar-refractivity contribution is 5.90. The zero-order valence-corrected chi connectivity index (χ0v) is 18.7. The molecule has 0 aliphatic carbocycles. The van der Waals surface area contributed by atoms with E-state index in [1.54, 1.807) is 31.4 Å². The van der Waals surface area contributed by atoms with E-state index in [0.717, 1.165) is 11.1 Å². The molecule has 3 amide bonds. The number of ether oxygens (including phenoxy) is 2. The van der Waals surface area contributed by atoms with Gasteiger partial charge < -0.3 is 25.8 Å². The van der Waals surface area contributed by atoms with Crippen LogP contribution in [0.15, 0.2) is 54.6 Å². The van der Waals surface area contributed by atoms with Crippen LogP contribution in [0.1, 0.15) is 31.4 Å². The van der Waals surface area contributed by atoms with Crippen molar-refractivity contribution >= 4 is 17.9 Å². The molecule has 172 valence electrons. The molecule has 0 radical (unpaired) electrons. The van der Waals surface area contributed by atoms with Gasteiger partial charge in [0.2, 0.25) is 11.8 Å². The predicted molar refractivity (Wildman–Crippen MR) is 121 cm³/mol. The van der Waals surface area contributed by atoms with Crippen molar-refractivity contribution in [3.8, 4) is 5.75 Å². The summed E-state index contributed by atoms with van der Waals surface area (Å²) in [4.78, 5) is 37.1. The third kappa shape index (κ3) is 8.29. The molecule has 0 bridgehead atoms. The molecular formula is C24H31N3O5. The molecule has 2 atom stereocenters. The summed E-state index contributed by atoms with van der Waals surface area (Å²) in [6, 6.07) is 14.6. The highest BCUT2D eigenvalue weighted by atomic mass is 16.5. The van der Waals surface area contributed by atoms with E-state index in [0.29, 0.717) is 12.2 Å². The van der Waals surface area contributed by atoms with Gasteiger partial charge in [-0.2, -0.15) is 0 Å². The van der Waals surface area contributed by atoms with Gasteiger partial charge in [-0.15, -0.1) is 0 Å². The number of methoxy groups -OCH3 is 1. The normalized spacial score (nSPS) is 12.5. The van der Waals surface area contributed by atoms with Crippen molar-refractivity contribution < 1.29 is 23.9 Å². The van der Waals surface area contributed by atoms with Crippen LogP contribution in [-0.4, -0.2) is 37.1 Å². The maximum atomic E-state index is 12.9. The number of amides is 3. The molecule has 2 rings (SSSR count). The Morgan fingerprint density at radius 1 is 0.906 bits per heavy atom. The van der Waals surface area contributed by atoms with E-state index < -0.39 is 30.0 Å². The van der Waals surface area contributed by atoms with Gasteiger partial charge in [0, 0.05) is 6.42 Å². The number of nitrogens with two attached hydrogens (primary N) is 1. The second-order valence-corrected chi connectivity index (χ2v) is 7.90. The second-order valence-electron chi connectivity index (χ2n) is 7.90. The highest BCUT2D eigenvalue weighted by Crippen LogP contribution is 2.13. The van der Waals surface area contributed by atoms with Gasteiger partial charge in [0.25, 0.3) is 0 Å². The molecule has 0 aliphatic heterocycles. The molecule has 0 unspecified atom stereocenters. The Balaban J connectivity index is 2.00. The van der Waals surface area contributed by atoms with Crippen LogP contribution in [-0.2, 0) is 27.4 Å². The lowest BCUT2D eigenvalue weighted by Crippen LogP contribution is -2.54. The summed E-state index contributed by atoms with van der Waals surface area (Å²) in [7, 11) is 1.56. The summed E-state index contributed by atoms with van der Waals surface area (Å²) < 4.78 is 10.4. The number of hydrogen-bond acceptors (Lipinski definition) is 5. The van der Waals surface area contributed by atoms with Gasteiger partial charge in [0.1, 0.15) is 24.4 Å². The Bertz CT molecular complexity index is 884. The van der Waals surface area contributed by atoms with E-state index in [1.165, 1.54) is 0 Å². The number of rotatable bonds is 11. The van der Waals surface area contributed by atoms with Crippen LogP contribution in [0.2, 0.25) is 0 Å². The molecule has 8 heteroatoms. The molecule has 0 saturated carbocycles. The lowest BCUT2D eigenvalue weighted by Gasteiger charge is -2.23. The maximum Gasteiger partial charge on any atom is 0.408 e. The van der Waals surface area contributed by atoms with Gasteiger partial charge >= 0.3 is 6.09 Å². The molecule has 8 nitrogen and oxygen atoms in total. The fourth-order valence-electron chi connectivity index (χ4n) is 3.10. The molecule has 0 heterocycles. The van der Waals surface area contributed by atoms with Crippen molar-refractivity contribution in [3.05, 3.63) is 65.7 Å². The van der Waals surface area contributed by atoms with Gasteiger partial charge in [-0.1, -0.05) is 56.3 Å². The van der Waals surface area contributed by atoms with E-state index in [1.807, 2.05) is 44.2 Å². The Morgan fingerprint density at radius 2 is 1.56 bits per heavy atom. The highest BCUT2D eigenvalue weighted by Gasteiger charge is 2.27. The van der Waals surface area contributed by atoms with Crippen molar-refractivity contribution in [3.63, 3.8) is 0 Å². The smallest absolute Gasteiger partial charge is 0.408 e. The summed E-state index contributed by atoms with van der Waals surface area (Å²) in [6.07, 6.45) is -0.112. The number of hydrogen-bond donors (Lipinski definition) is 3. The average Bonchev–Trinajstić information content (AvgIpc) is 2.77. The van der Waals surface area contributed by atoms with Crippen LogP contribution in [0.5, 0.6) is 5.75 Å². The molecule has 0 aromatic heterocycles. The number of nitrogens with one attached hydrogen (secondary N) is 2. The lowest BCUT2D eigenvalue weighted by molar-refractivity contribution is -0.128. The van der Waals surface area contributed by atoms with Gasteiger partial charge in [0.15, 0.2) is 0 Å². The van der Waals surface area contributed by atoms with Crippen molar-refractivity contribution in [2.45, 2.75) is 45.4 Å². The van der Waals surface area contributed by atoms with E-state index in [4.69, 9.17) is 15.2 Å². The molecule has 2 aromatic carbocycles. The molecular weight excluding hydrogens is 410 g/mol. The fourth-order valence-corrected chi connectivity index (χ4v) is 3.10. The molecule has 0 spiro atoms. The molecule has 32 heavy (non-hydrogen) atoms. The van der Waals surface area contributed by atoms with Crippen molar-refractivity contribution in [2.75, 3.05) is 7.11 Å². The summed E-state index contributed by atoms with van der Waals surface area (Å²) in [5.74, 6) is -0.353. The monoisotopic (exact) mass is 441 g/mol. The van der Waals surface area contributed by atoms with E-state index >= 15 is 0 Å². The van der Waals surface area contributed by atoms with Crippen LogP contribution in [0.25, 0.3) is 0 Å². The van der Waals surface area contributed by atoms with Gasteiger partial charge in [-0.25, -0.2) is 4.79 Å². The number of alkyl carbamates (subject to hydrolysis) is 1. The van der Waals surface area contributed by atoms with E-state index in [2.05, 4.69) is 10.6 Å². The summed E-state index contributed by atoms with van der Waals surface area (Å²) in [6.45, 7) is 3.95. The van der Waals surface area contributed by atoms with Crippen molar-refractivity contribution in [2.24, 2.45) is 11.7 Å². The first kappa shape index (κ1) is 24.7. The lowest BCUT2D eigenvalue weighted by atomic mass is 10.0. The largest absolute Gasteiger partial charge is 0.497 e. The summed E-state index contributed by atoms with van der Waals surface area (Å²) >= 11 is 0. The quantitative estimate of drug-likeness (QED) is 0.495. The minimum atomic E-state index is -0.923. The van der Waals surface area contributed by atoms with Gasteiger partial charge in [-0.05, 0) is 35.6 Å². The minimum absolute atomic E-state index is 0.0874. The van der Waals surface area contributed by atoms with Gasteiger partial charge in [0.05, 0.1) is 7.11 Å². The Morgan fingerprint density at radius 3 is 2.12 bits per heavy atom. The van der Waals surface area contributed by atoms with Gasteiger partial charge in [-0.3, -0.25) is 9.59 Å². The van der Waals surface area contributed by atoms with Crippen molar-refractivity contribution in [1.29, 1.82) is 0 Å². The SMILES string of the molecule is COc1ccc(C[C@H](NC(=O)[C@H](CC(C)C)NC(=O)OCc2ccccc2)C(N)=O)cc1. The third-order valence-corrected chi connectivity index (χ3v) is 4.79. The Kier molecular flexibility index (Phi) is 9.53. The zero-order chi connectivity index (χ0) is 23.5. The number of primary amides is 1. The molecule has 4 N–H and O–H groups in total. The molecule has 0 aliphatic rings. The molecule has 0 saturated heterocycles. The molecule has 0 fully saturated rings. The number of carbonyl (C=O) groups is 3. The maximum absolute atomic E-state index is 12.9. The predicted octanol–water partition coefficient (Wildman–Crippen LogP) is 2.55. The fraction of sp³-hybridized carbons (Fsp3) is 0.375. The summed E-state index contributed by atoms with van der Waals surface area (Å²) in [5.41, 5.74) is 7.16. The topological polar surface area (TPSA) is 120 Å². The first-order valence-electron chi connectivity index (χ1n) is 10.5. The number of carbonyl (C=O) groups excluding carboxylic acids is 3. The Labute approximate surface area is 188 Å². The minimum Gasteiger partial charge on any atom is -0.497 e.